The molecule has 0 aromatic carbocycles. The lowest BCUT2D eigenvalue weighted by atomic mass is 9.76. The van der Waals surface area contributed by atoms with Gasteiger partial charge in [0.15, 0.2) is 0 Å². The lowest BCUT2D eigenvalue weighted by Gasteiger charge is -2.38. The molecule has 0 saturated heterocycles. The van der Waals surface area contributed by atoms with Crippen molar-refractivity contribution in [2.45, 2.75) is 44.6 Å². The van der Waals surface area contributed by atoms with E-state index >= 15 is 0 Å². The zero-order valence-electron chi connectivity index (χ0n) is 12.0. The van der Waals surface area contributed by atoms with Crippen molar-refractivity contribution in [3.63, 3.8) is 0 Å². The van der Waals surface area contributed by atoms with Gasteiger partial charge < -0.3 is 21.1 Å². The molecule has 0 aliphatic heterocycles. The van der Waals surface area contributed by atoms with Crippen LogP contribution in [0.3, 0.4) is 0 Å². The van der Waals surface area contributed by atoms with Crippen molar-refractivity contribution in [3.05, 3.63) is 0 Å². The van der Waals surface area contributed by atoms with Crippen LogP contribution in [0.2, 0.25) is 0 Å². The van der Waals surface area contributed by atoms with Crippen LogP contribution in [0.15, 0.2) is 0 Å². The second kappa shape index (κ2) is 7.61. The van der Waals surface area contributed by atoms with Gasteiger partial charge in [0.2, 0.25) is 17.7 Å². The summed E-state index contributed by atoms with van der Waals surface area (Å²) in [5.41, 5.74) is -1.14. The maximum atomic E-state index is 11.7. The first kappa shape index (κ1) is 16.9. The number of aliphatic carboxylic acids is 1. The summed E-state index contributed by atoms with van der Waals surface area (Å²) < 4.78 is 0. The number of nitrogens with one attached hydrogen (secondary N) is 3. The van der Waals surface area contributed by atoms with E-state index in [9.17, 15) is 19.2 Å². The van der Waals surface area contributed by atoms with Crippen LogP contribution in [0.25, 0.3) is 0 Å². The molecule has 1 fully saturated rings. The van der Waals surface area contributed by atoms with Gasteiger partial charge in [0.1, 0.15) is 5.54 Å². The Labute approximate surface area is 122 Å². The van der Waals surface area contributed by atoms with E-state index in [4.69, 9.17) is 5.11 Å². The zero-order valence-corrected chi connectivity index (χ0v) is 12.0. The maximum Gasteiger partial charge on any atom is 0.329 e. The van der Waals surface area contributed by atoms with Crippen LogP contribution in [-0.2, 0) is 19.2 Å². The second-order valence-corrected chi connectivity index (χ2v) is 5.12. The molecule has 0 heterocycles. The standard InChI is InChI=1S/C13H21N3O5/c1-9(17)14-7-8-15-10(18)3-4-11(19)16-13(12(20)21)5-2-6-13/h2-8H2,1H3,(H,14,17)(H,15,18)(H,16,19)(H,20,21). The Balaban J connectivity index is 2.19. The highest BCUT2D eigenvalue weighted by molar-refractivity contribution is 5.89. The molecular formula is C13H21N3O5. The van der Waals surface area contributed by atoms with Gasteiger partial charge in [0.25, 0.3) is 0 Å². The quantitative estimate of drug-likeness (QED) is 0.434. The third-order valence-electron chi connectivity index (χ3n) is 3.40. The molecule has 1 aliphatic rings. The lowest BCUT2D eigenvalue weighted by Crippen LogP contribution is -2.59. The molecule has 1 rings (SSSR count). The van der Waals surface area contributed by atoms with Crippen LogP contribution >= 0.6 is 0 Å². The molecule has 3 amide bonds. The van der Waals surface area contributed by atoms with Crippen molar-refractivity contribution in [1.82, 2.24) is 16.0 Å². The Morgan fingerprint density at radius 2 is 1.57 bits per heavy atom. The van der Waals surface area contributed by atoms with E-state index in [0.29, 0.717) is 25.9 Å². The molecule has 0 atom stereocenters. The van der Waals surface area contributed by atoms with E-state index in [2.05, 4.69) is 16.0 Å². The van der Waals surface area contributed by atoms with Gasteiger partial charge in [0.05, 0.1) is 0 Å². The van der Waals surface area contributed by atoms with E-state index in [1.54, 1.807) is 0 Å². The molecule has 0 radical (unpaired) electrons. The predicted octanol–water partition coefficient (Wildman–Crippen LogP) is -0.858. The van der Waals surface area contributed by atoms with Crippen LogP contribution in [0, 0.1) is 0 Å². The van der Waals surface area contributed by atoms with Crippen LogP contribution in [0.4, 0.5) is 0 Å². The summed E-state index contributed by atoms with van der Waals surface area (Å²) >= 11 is 0. The topological polar surface area (TPSA) is 125 Å². The highest BCUT2D eigenvalue weighted by atomic mass is 16.4. The molecule has 21 heavy (non-hydrogen) atoms. The predicted molar refractivity (Wildman–Crippen MR) is 73.3 cm³/mol. The van der Waals surface area contributed by atoms with Crippen LogP contribution in [-0.4, -0.2) is 47.4 Å². The molecule has 1 saturated carbocycles. The van der Waals surface area contributed by atoms with Crippen LogP contribution in [0.5, 0.6) is 0 Å². The molecule has 4 N–H and O–H groups in total. The minimum atomic E-state index is -1.14. The van der Waals surface area contributed by atoms with Gasteiger partial charge in [0, 0.05) is 32.9 Å². The van der Waals surface area contributed by atoms with Gasteiger partial charge in [-0.05, 0) is 19.3 Å². The summed E-state index contributed by atoms with van der Waals surface area (Å²) in [4.78, 5) is 44.8. The van der Waals surface area contributed by atoms with Gasteiger partial charge in [-0.2, -0.15) is 0 Å². The first-order valence-corrected chi connectivity index (χ1v) is 6.91. The van der Waals surface area contributed by atoms with E-state index in [0.717, 1.165) is 6.42 Å². The fraction of sp³-hybridized carbons (Fsp3) is 0.692. The highest BCUT2D eigenvalue weighted by Crippen LogP contribution is 2.32. The van der Waals surface area contributed by atoms with Crippen molar-refractivity contribution >= 4 is 23.7 Å². The molecular weight excluding hydrogens is 278 g/mol. The van der Waals surface area contributed by atoms with E-state index in [1.165, 1.54) is 6.92 Å². The van der Waals surface area contributed by atoms with Crippen molar-refractivity contribution < 1.29 is 24.3 Å². The minimum Gasteiger partial charge on any atom is -0.480 e. The molecule has 0 unspecified atom stereocenters. The fourth-order valence-electron chi connectivity index (χ4n) is 2.01. The van der Waals surface area contributed by atoms with Crippen LogP contribution in [0.1, 0.15) is 39.0 Å². The van der Waals surface area contributed by atoms with Crippen molar-refractivity contribution in [2.75, 3.05) is 13.1 Å². The first-order chi connectivity index (χ1) is 9.85. The first-order valence-electron chi connectivity index (χ1n) is 6.91. The Bertz CT molecular complexity index is 432. The Kier molecular flexibility index (Phi) is 6.13. The molecule has 0 aromatic heterocycles. The second-order valence-electron chi connectivity index (χ2n) is 5.12. The molecule has 0 aromatic rings. The number of carboxylic acids is 1. The highest BCUT2D eigenvalue weighted by Gasteiger charge is 2.45. The monoisotopic (exact) mass is 299 g/mol. The number of hydrogen-bond acceptors (Lipinski definition) is 4. The van der Waals surface area contributed by atoms with Crippen LogP contribution < -0.4 is 16.0 Å². The van der Waals surface area contributed by atoms with Gasteiger partial charge in [-0.15, -0.1) is 0 Å². The molecule has 118 valence electrons. The molecule has 1 aliphatic carbocycles. The van der Waals surface area contributed by atoms with E-state index < -0.39 is 17.4 Å². The summed E-state index contributed by atoms with van der Waals surface area (Å²) in [6.45, 7) is 2.00. The average molecular weight is 299 g/mol. The summed E-state index contributed by atoms with van der Waals surface area (Å²) in [5, 5.41) is 16.6. The molecule has 8 nitrogen and oxygen atoms in total. The number of amides is 3. The number of carboxylic acid groups (broad SMARTS) is 1. The minimum absolute atomic E-state index is 0.0123. The molecule has 0 bridgehead atoms. The van der Waals surface area contributed by atoms with Crippen molar-refractivity contribution in [1.29, 1.82) is 0 Å². The largest absolute Gasteiger partial charge is 0.480 e. The van der Waals surface area contributed by atoms with E-state index in [1.807, 2.05) is 0 Å². The van der Waals surface area contributed by atoms with Crippen molar-refractivity contribution in [2.24, 2.45) is 0 Å². The normalized spacial score (nSPS) is 15.5. The lowest BCUT2D eigenvalue weighted by molar-refractivity contribution is -0.151. The molecule has 0 spiro atoms. The number of rotatable bonds is 8. The maximum absolute atomic E-state index is 11.7. The Morgan fingerprint density at radius 3 is 2.05 bits per heavy atom. The molecule has 8 heteroatoms. The third-order valence-corrected chi connectivity index (χ3v) is 3.40. The number of carbonyl (C=O) groups excluding carboxylic acids is 3. The average Bonchev–Trinajstić information content (AvgIpc) is 2.36. The summed E-state index contributed by atoms with van der Waals surface area (Å²) in [6, 6.07) is 0. The Morgan fingerprint density at radius 1 is 1.00 bits per heavy atom. The fourth-order valence-corrected chi connectivity index (χ4v) is 2.01. The SMILES string of the molecule is CC(=O)NCCNC(=O)CCC(=O)NC1(C(=O)O)CCC1. The van der Waals surface area contributed by atoms with E-state index in [-0.39, 0.29) is 24.7 Å². The Hall–Kier alpha value is -2.12. The zero-order chi connectivity index (χ0) is 15.9. The van der Waals surface area contributed by atoms with Gasteiger partial charge in [-0.1, -0.05) is 0 Å². The summed E-state index contributed by atoms with van der Waals surface area (Å²) in [7, 11) is 0. The summed E-state index contributed by atoms with van der Waals surface area (Å²) in [6.07, 6.45) is 1.56. The van der Waals surface area contributed by atoms with Gasteiger partial charge >= 0.3 is 5.97 Å². The number of carbonyl (C=O) groups is 4. The van der Waals surface area contributed by atoms with Gasteiger partial charge in [-0.3, -0.25) is 14.4 Å². The smallest absolute Gasteiger partial charge is 0.329 e. The third kappa shape index (κ3) is 5.41. The van der Waals surface area contributed by atoms with Gasteiger partial charge in [-0.25, -0.2) is 4.79 Å². The van der Waals surface area contributed by atoms with Crippen molar-refractivity contribution in [3.8, 4) is 0 Å². The number of hydrogen-bond donors (Lipinski definition) is 4. The summed E-state index contributed by atoms with van der Waals surface area (Å²) in [5.74, 6) is -1.95.